The van der Waals surface area contributed by atoms with E-state index in [-0.39, 0.29) is 5.82 Å². The summed E-state index contributed by atoms with van der Waals surface area (Å²) >= 11 is 0. The third kappa shape index (κ3) is 10.7. The average Bonchev–Trinajstić information content (AvgIpc) is 2.61. The van der Waals surface area contributed by atoms with Gasteiger partial charge in [0.2, 0.25) is 0 Å². The van der Waals surface area contributed by atoms with Crippen LogP contribution in [0.2, 0.25) is 0 Å². The third-order valence-electron chi connectivity index (χ3n) is 3.57. The molecular formula is C18H31FN4O2. The Labute approximate surface area is 150 Å². The molecule has 0 heterocycles. The fourth-order valence-electron chi connectivity index (χ4n) is 2.19. The van der Waals surface area contributed by atoms with Crippen molar-refractivity contribution in [1.29, 1.82) is 0 Å². The molecule has 2 N–H and O–H groups in total. The molecule has 0 radical (unpaired) electrons. The number of hydrogen-bond donors (Lipinski definition) is 2. The topological polar surface area (TPSA) is 58.1 Å². The molecule has 0 aromatic heterocycles. The third-order valence-corrected chi connectivity index (χ3v) is 3.57. The van der Waals surface area contributed by atoms with Crippen molar-refractivity contribution in [3.05, 3.63) is 35.6 Å². The molecule has 0 fully saturated rings. The first kappa shape index (κ1) is 21.3. The van der Waals surface area contributed by atoms with Crippen LogP contribution in [0.3, 0.4) is 0 Å². The van der Waals surface area contributed by atoms with E-state index in [4.69, 9.17) is 9.47 Å². The van der Waals surface area contributed by atoms with Crippen molar-refractivity contribution in [3.8, 4) is 0 Å². The Hall–Kier alpha value is -1.70. The maximum absolute atomic E-state index is 12.9. The molecule has 1 aromatic carbocycles. The molecule has 0 unspecified atom stereocenters. The lowest BCUT2D eigenvalue weighted by Gasteiger charge is -2.18. The molecule has 6 nitrogen and oxygen atoms in total. The van der Waals surface area contributed by atoms with Gasteiger partial charge in [0.1, 0.15) is 5.82 Å². The molecule has 0 atom stereocenters. The SMILES string of the molecule is CN=C(NCCCOCCOC)NCCN(C)Cc1ccc(F)cc1. The molecule has 0 aliphatic rings. The average molecular weight is 354 g/mol. The summed E-state index contributed by atoms with van der Waals surface area (Å²) in [7, 11) is 5.46. The van der Waals surface area contributed by atoms with E-state index in [1.54, 1.807) is 14.2 Å². The molecule has 25 heavy (non-hydrogen) atoms. The second kappa shape index (κ2) is 13.6. The molecule has 142 valence electrons. The zero-order chi connectivity index (χ0) is 18.3. The first-order valence-corrected chi connectivity index (χ1v) is 8.60. The number of nitrogens with zero attached hydrogens (tertiary/aromatic N) is 2. The van der Waals surface area contributed by atoms with E-state index in [0.29, 0.717) is 19.8 Å². The van der Waals surface area contributed by atoms with Crippen molar-refractivity contribution >= 4 is 5.96 Å². The highest BCUT2D eigenvalue weighted by atomic mass is 19.1. The van der Waals surface area contributed by atoms with Gasteiger partial charge >= 0.3 is 0 Å². The smallest absolute Gasteiger partial charge is 0.191 e. The van der Waals surface area contributed by atoms with Crippen molar-refractivity contribution in [2.75, 3.05) is 60.7 Å². The fraction of sp³-hybridized carbons (Fsp3) is 0.611. The monoisotopic (exact) mass is 354 g/mol. The highest BCUT2D eigenvalue weighted by Crippen LogP contribution is 2.04. The minimum atomic E-state index is -0.202. The number of guanidine groups is 1. The molecular weight excluding hydrogens is 323 g/mol. The number of nitrogens with one attached hydrogen (secondary N) is 2. The summed E-state index contributed by atoms with van der Waals surface area (Å²) in [6, 6.07) is 6.61. The Morgan fingerprint density at radius 3 is 2.52 bits per heavy atom. The van der Waals surface area contributed by atoms with Gasteiger partial charge in [0, 0.05) is 46.9 Å². The van der Waals surface area contributed by atoms with E-state index >= 15 is 0 Å². The van der Waals surface area contributed by atoms with E-state index in [9.17, 15) is 4.39 Å². The van der Waals surface area contributed by atoms with Gasteiger partial charge < -0.3 is 25.0 Å². The van der Waals surface area contributed by atoms with E-state index in [2.05, 4.69) is 20.5 Å². The second-order valence-corrected chi connectivity index (χ2v) is 5.75. The molecule has 0 amide bonds. The van der Waals surface area contributed by atoms with Gasteiger partial charge in [0.05, 0.1) is 13.2 Å². The number of halogens is 1. The lowest BCUT2D eigenvalue weighted by molar-refractivity contribution is 0.0698. The minimum Gasteiger partial charge on any atom is -0.382 e. The van der Waals surface area contributed by atoms with Crippen molar-refractivity contribution in [3.63, 3.8) is 0 Å². The summed E-state index contributed by atoms with van der Waals surface area (Å²) in [5.74, 6) is 0.583. The summed E-state index contributed by atoms with van der Waals surface area (Å²) in [6.45, 7) is 5.19. The second-order valence-electron chi connectivity index (χ2n) is 5.75. The molecule has 0 saturated carbocycles. The number of rotatable bonds is 12. The lowest BCUT2D eigenvalue weighted by atomic mass is 10.2. The standard InChI is InChI=1S/C18H31FN4O2/c1-20-18(21-9-4-12-25-14-13-24-3)22-10-11-23(2)15-16-5-7-17(19)8-6-16/h5-8H,4,9-15H2,1-3H3,(H2,20,21,22). The van der Waals surface area contributed by atoms with E-state index in [1.165, 1.54) is 12.1 Å². The fourth-order valence-corrected chi connectivity index (χ4v) is 2.19. The number of hydrogen-bond acceptors (Lipinski definition) is 4. The summed E-state index contributed by atoms with van der Waals surface area (Å²) in [4.78, 5) is 6.38. The summed E-state index contributed by atoms with van der Waals surface area (Å²) in [5, 5.41) is 6.54. The van der Waals surface area contributed by atoms with Gasteiger partial charge in [-0.05, 0) is 31.2 Å². The molecule has 0 bridgehead atoms. The van der Waals surface area contributed by atoms with Crippen molar-refractivity contribution in [2.45, 2.75) is 13.0 Å². The van der Waals surface area contributed by atoms with Gasteiger partial charge in [-0.2, -0.15) is 0 Å². The Balaban J connectivity index is 2.10. The predicted molar refractivity (Wildman–Crippen MR) is 99.4 cm³/mol. The van der Waals surface area contributed by atoms with Crippen LogP contribution < -0.4 is 10.6 Å². The van der Waals surface area contributed by atoms with E-state index < -0.39 is 0 Å². The molecule has 1 rings (SSSR count). The van der Waals surface area contributed by atoms with Crippen LogP contribution in [0.25, 0.3) is 0 Å². The maximum Gasteiger partial charge on any atom is 0.191 e. The zero-order valence-corrected chi connectivity index (χ0v) is 15.6. The van der Waals surface area contributed by atoms with E-state index in [1.807, 2.05) is 19.2 Å². The Morgan fingerprint density at radius 2 is 1.84 bits per heavy atom. The summed E-state index contributed by atoms with van der Waals surface area (Å²) in [5.41, 5.74) is 1.10. The molecule has 0 aliphatic carbocycles. The first-order valence-electron chi connectivity index (χ1n) is 8.60. The van der Waals surface area contributed by atoms with Gasteiger partial charge in [-0.25, -0.2) is 4.39 Å². The van der Waals surface area contributed by atoms with Crippen LogP contribution in [0.5, 0.6) is 0 Å². The largest absolute Gasteiger partial charge is 0.382 e. The normalized spacial score (nSPS) is 11.8. The number of ether oxygens (including phenoxy) is 2. The van der Waals surface area contributed by atoms with Crippen LogP contribution in [0.15, 0.2) is 29.3 Å². The van der Waals surface area contributed by atoms with Gasteiger partial charge in [-0.3, -0.25) is 4.99 Å². The molecule has 0 spiro atoms. The van der Waals surface area contributed by atoms with Crippen LogP contribution in [-0.4, -0.2) is 71.5 Å². The maximum atomic E-state index is 12.9. The first-order chi connectivity index (χ1) is 12.2. The Morgan fingerprint density at radius 1 is 1.12 bits per heavy atom. The molecule has 0 saturated heterocycles. The van der Waals surface area contributed by atoms with Crippen molar-refractivity contribution in [2.24, 2.45) is 4.99 Å². The quantitative estimate of drug-likeness (QED) is 0.338. The molecule has 0 aliphatic heterocycles. The molecule has 1 aromatic rings. The minimum absolute atomic E-state index is 0.202. The summed E-state index contributed by atoms with van der Waals surface area (Å²) < 4.78 is 23.2. The molecule has 7 heteroatoms. The number of aliphatic imine (C=N–C) groups is 1. The zero-order valence-electron chi connectivity index (χ0n) is 15.6. The van der Waals surface area contributed by atoms with Crippen LogP contribution in [0, 0.1) is 5.82 Å². The predicted octanol–water partition coefficient (Wildman–Crippen LogP) is 1.48. The Bertz CT molecular complexity index is 482. The van der Waals surface area contributed by atoms with Crippen LogP contribution >= 0.6 is 0 Å². The van der Waals surface area contributed by atoms with Gasteiger partial charge in [0.25, 0.3) is 0 Å². The summed E-state index contributed by atoms with van der Waals surface area (Å²) in [6.07, 6.45) is 0.912. The van der Waals surface area contributed by atoms with Crippen LogP contribution in [-0.2, 0) is 16.0 Å². The van der Waals surface area contributed by atoms with Gasteiger partial charge in [-0.15, -0.1) is 0 Å². The van der Waals surface area contributed by atoms with Crippen molar-refractivity contribution < 1.29 is 13.9 Å². The van der Waals surface area contributed by atoms with Gasteiger partial charge in [0.15, 0.2) is 5.96 Å². The van der Waals surface area contributed by atoms with Crippen LogP contribution in [0.4, 0.5) is 4.39 Å². The lowest BCUT2D eigenvalue weighted by Crippen LogP contribution is -2.41. The number of benzene rings is 1. The highest BCUT2D eigenvalue weighted by Gasteiger charge is 2.02. The highest BCUT2D eigenvalue weighted by molar-refractivity contribution is 5.79. The van der Waals surface area contributed by atoms with Crippen molar-refractivity contribution in [1.82, 2.24) is 15.5 Å². The van der Waals surface area contributed by atoms with Crippen LogP contribution in [0.1, 0.15) is 12.0 Å². The van der Waals surface area contributed by atoms with Gasteiger partial charge in [-0.1, -0.05) is 12.1 Å². The van der Waals surface area contributed by atoms with E-state index in [0.717, 1.165) is 44.1 Å². The number of likely N-dealkylation sites (N-methyl/N-ethyl adjacent to an activating group) is 1. The Kier molecular flexibility index (Phi) is 11.6. The number of methoxy groups -OCH3 is 1.